The van der Waals surface area contributed by atoms with E-state index in [1.54, 1.807) is 7.11 Å². The molecular weight excluding hydrogens is 505 g/mol. The Hall–Kier alpha value is -1.26. The highest BCUT2D eigenvalue weighted by atomic mass is 127. The first kappa shape index (κ1) is 26.0. The molecule has 2 N–H and O–H groups in total. The van der Waals surface area contributed by atoms with Gasteiger partial charge in [0.1, 0.15) is 5.75 Å². The quantitative estimate of drug-likeness (QED) is 0.298. The highest BCUT2D eigenvalue weighted by Crippen LogP contribution is 2.30. The molecule has 7 nitrogen and oxygen atoms in total. The maximum atomic E-state index is 5.55. The van der Waals surface area contributed by atoms with E-state index in [9.17, 15) is 0 Å². The molecule has 2 atom stereocenters. The minimum absolute atomic E-state index is 0. The number of aliphatic imine (C=N–C) groups is 1. The zero-order chi connectivity index (χ0) is 21.3. The Morgan fingerprint density at radius 3 is 2.65 bits per heavy atom. The highest BCUT2D eigenvalue weighted by Gasteiger charge is 2.26. The Morgan fingerprint density at radius 1 is 1.23 bits per heavy atom. The van der Waals surface area contributed by atoms with Crippen LogP contribution in [0.1, 0.15) is 27.2 Å². The molecule has 176 valence electrons. The van der Waals surface area contributed by atoms with Gasteiger partial charge in [-0.15, -0.1) is 24.0 Å². The molecule has 2 unspecified atom stereocenters. The number of morpholine rings is 1. The molecule has 1 aromatic carbocycles. The van der Waals surface area contributed by atoms with Crippen molar-refractivity contribution in [3.05, 3.63) is 24.3 Å². The van der Waals surface area contributed by atoms with E-state index < -0.39 is 0 Å². The highest BCUT2D eigenvalue weighted by molar-refractivity contribution is 14.0. The average molecular weight is 546 g/mol. The van der Waals surface area contributed by atoms with E-state index in [2.05, 4.69) is 53.3 Å². The fraction of sp³-hybridized carbons (Fsp3) is 0.696. The fourth-order valence-corrected chi connectivity index (χ4v) is 4.34. The number of methoxy groups -OCH3 is 1. The number of guanidine groups is 1. The lowest BCUT2D eigenvalue weighted by Gasteiger charge is -2.36. The number of anilines is 1. The van der Waals surface area contributed by atoms with Gasteiger partial charge in [-0.3, -0.25) is 9.89 Å². The number of halogens is 1. The molecular formula is C23H40IN5O2. The van der Waals surface area contributed by atoms with E-state index in [1.165, 1.54) is 5.69 Å². The van der Waals surface area contributed by atoms with Crippen molar-refractivity contribution in [1.82, 2.24) is 15.5 Å². The van der Waals surface area contributed by atoms with Crippen LogP contribution >= 0.6 is 24.0 Å². The lowest BCUT2D eigenvalue weighted by atomic mass is 10.0. The van der Waals surface area contributed by atoms with Crippen molar-refractivity contribution in [1.29, 1.82) is 0 Å². The third kappa shape index (κ3) is 7.39. The Labute approximate surface area is 205 Å². The second kappa shape index (κ2) is 13.3. The number of nitrogens with zero attached hydrogens (tertiary/aromatic N) is 3. The topological polar surface area (TPSA) is 61.4 Å². The zero-order valence-corrected chi connectivity index (χ0v) is 21.8. The molecule has 2 saturated heterocycles. The lowest BCUT2D eigenvalue weighted by Crippen LogP contribution is -2.49. The summed E-state index contributed by atoms with van der Waals surface area (Å²) < 4.78 is 11.1. The van der Waals surface area contributed by atoms with Gasteiger partial charge in [-0.1, -0.05) is 26.0 Å². The molecule has 2 aliphatic rings. The second-order valence-electron chi connectivity index (χ2n) is 8.43. The van der Waals surface area contributed by atoms with Crippen LogP contribution in [0.3, 0.4) is 0 Å². The van der Waals surface area contributed by atoms with Gasteiger partial charge in [-0.25, -0.2) is 0 Å². The van der Waals surface area contributed by atoms with Crippen LogP contribution in [0.25, 0.3) is 0 Å². The first-order chi connectivity index (χ1) is 14.6. The molecule has 0 radical (unpaired) electrons. The van der Waals surface area contributed by atoms with Crippen LogP contribution < -0.4 is 20.3 Å². The van der Waals surface area contributed by atoms with E-state index in [0.29, 0.717) is 18.0 Å². The summed E-state index contributed by atoms with van der Waals surface area (Å²) in [4.78, 5) is 9.90. The largest absolute Gasteiger partial charge is 0.495 e. The Balaban J connectivity index is 0.00000341. The van der Waals surface area contributed by atoms with Crippen LogP contribution in [0.4, 0.5) is 5.69 Å². The maximum Gasteiger partial charge on any atom is 0.191 e. The van der Waals surface area contributed by atoms with Gasteiger partial charge >= 0.3 is 0 Å². The van der Waals surface area contributed by atoms with Crippen LogP contribution in [-0.2, 0) is 4.74 Å². The molecule has 0 spiro atoms. The Bertz CT molecular complexity index is 682. The van der Waals surface area contributed by atoms with Gasteiger partial charge in [-0.05, 0) is 31.4 Å². The summed E-state index contributed by atoms with van der Waals surface area (Å²) in [6.07, 6.45) is 1.08. The van der Waals surface area contributed by atoms with Gasteiger partial charge in [0.05, 0.1) is 32.6 Å². The number of hydrogen-bond acceptors (Lipinski definition) is 5. The van der Waals surface area contributed by atoms with E-state index in [4.69, 9.17) is 14.5 Å². The van der Waals surface area contributed by atoms with Gasteiger partial charge < -0.3 is 25.0 Å². The minimum atomic E-state index is 0. The predicted molar refractivity (Wildman–Crippen MR) is 139 cm³/mol. The van der Waals surface area contributed by atoms with Crippen molar-refractivity contribution in [3.63, 3.8) is 0 Å². The summed E-state index contributed by atoms with van der Waals surface area (Å²) in [5.74, 6) is 2.41. The maximum absolute atomic E-state index is 5.55. The standard InChI is InChI=1S/C23H39N5O2.HI/c1-5-24-23(25-16-21(18(2)3)27-12-14-30-15-13-27)26-19-10-11-28(17-19)20-8-6-7-9-22(20)29-4;/h6-9,18-19,21H,5,10-17H2,1-4H3,(H2,24,25,26);1H. The summed E-state index contributed by atoms with van der Waals surface area (Å²) in [7, 11) is 1.74. The normalized spacial score (nSPS) is 21.0. The van der Waals surface area contributed by atoms with Gasteiger partial charge in [0, 0.05) is 44.8 Å². The van der Waals surface area contributed by atoms with Crippen LogP contribution in [0.2, 0.25) is 0 Å². The molecule has 0 bridgehead atoms. The molecule has 8 heteroatoms. The van der Waals surface area contributed by atoms with Crippen LogP contribution in [0.15, 0.2) is 29.3 Å². The van der Waals surface area contributed by atoms with E-state index in [0.717, 1.165) is 70.6 Å². The summed E-state index contributed by atoms with van der Waals surface area (Å²) in [6, 6.07) is 9.06. The molecule has 2 aliphatic heterocycles. The summed E-state index contributed by atoms with van der Waals surface area (Å²) in [6.45, 7) is 14.0. The van der Waals surface area contributed by atoms with Crippen molar-refractivity contribution in [2.45, 2.75) is 39.3 Å². The Morgan fingerprint density at radius 2 is 1.97 bits per heavy atom. The molecule has 0 amide bonds. The molecule has 2 fully saturated rings. The first-order valence-corrected chi connectivity index (χ1v) is 11.4. The Kier molecular flexibility index (Phi) is 11.2. The van der Waals surface area contributed by atoms with Gasteiger partial charge in [-0.2, -0.15) is 0 Å². The number of benzene rings is 1. The van der Waals surface area contributed by atoms with E-state index in [1.807, 2.05) is 12.1 Å². The summed E-state index contributed by atoms with van der Waals surface area (Å²) in [5, 5.41) is 7.10. The fourth-order valence-electron chi connectivity index (χ4n) is 4.34. The molecule has 1 aromatic rings. The van der Waals surface area contributed by atoms with E-state index in [-0.39, 0.29) is 24.0 Å². The molecule has 0 aromatic heterocycles. The first-order valence-electron chi connectivity index (χ1n) is 11.4. The van der Waals surface area contributed by atoms with Gasteiger partial charge in [0.2, 0.25) is 0 Å². The third-order valence-electron chi connectivity index (χ3n) is 6.02. The molecule has 3 rings (SSSR count). The van der Waals surface area contributed by atoms with Gasteiger partial charge in [0.25, 0.3) is 0 Å². The number of hydrogen-bond donors (Lipinski definition) is 2. The molecule has 2 heterocycles. The number of para-hydroxylation sites is 2. The summed E-state index contributed by atoms with van der Waals surface area (Å²) in [5.41, 5.74) is 1.17. The van der Waals surface area contributed by atoms with Crippen molar-refractivity contribution < 1.29 is 9.47 Å². The summed E-state index contributed by atoms with van der Waals surface area (Å²) >= 11 is 0. The second-order valence-corrected chi connectivity index (χ2v) is 8.43. The molecule has 0 saturated carbocycles. The SMILES string of the molecule is CCNC(=NCC(C(C)C)N1CCOCC1)NC1CCN(c2ccccc2OC)C1.I. The van der Waals surface area contributed by atoms with Crippen LogP contribution in [0.5, 0.6) is 5.75 Å². The molecule has 0 aliphatic carbocycles. The lowest BCUT2D eigenvalue weighted by molar-refractivity contribution is 0.00867. The van der Waals surface area contributed by atoms with Crippen LogP contribution in [-0.4, -0.2) is 82.5 Å². The monoisotopic (exact) mass is 545 g/mol. The van der Waals surface area contributed by atoms with E-state index >= 15 is 0 Å². The average Bonchev–Trinajstić information content (AvgIpc) is 3.22. The van der Waals surface area contributed by atoms with Crippen LogP contribution in [0, 0.1) is 5.92 Å². The molecule has 31 heavy (non-hydrogen) atoms. The number of rotatable bonds is 8. The predicted octanol–water partition coefficient (Wildman–Crippen LogP) is 2.80. The van der Waals surface area contributed by atoms with Crippen molar-refractivity contribution >= 4 is 35.6 Å². The number of ether oxygens (including phenoxy) is 2. The zero-order valence-electron chi connectivity index (χ0n) is 19.5. The van der Waals surface area contributed by atoms with Crippen molar-refractivity contribution in [2.75, 3.05) is 64.5 Å². The van der Waals surface area contributed by atoms with Crippen molar-refractivity contribution in [2.24, 2.45) is 10.9 Å². The van der Waals surface area contributed by atoms with Crippen molar-refractivity contribution in [3.8, 4) is 5.75 Å². The van der Waals surface area contributed by atoms with Gasteiger partial charge in [0.15, 0.2) is 5.96 Å². The number of nitrogens with one attached hydrogen (secondary N) is 2. The third-order valence-corrected chi connectivity index (χ3v) is 6.02. The minimum Gasteiger partial charge on any atom is -0.495 e. The smallest absolute Gasteiger partial charge is 0.191 e.